The second-order valence-electron chi connectivity index (χ2n) is 5.44. The molecule has 1 rings (SSSR count). The Morgan fingerprint density at radius 3 is 2.70 bits per heavy atom. The summed E-state index contributed by atoms with van der Waals surface area (Å²) in [6, 6.07) is 5.07. The van der Waals surface area contributed by atoms with Crippen LogP contribution in [0.1, 0.15) is 37.6 Å². The van der Waals surface area contributed by atoms with Crippen LogP contribution in [0, 0.1) is 5.92 Å². The number of benzene rings is 1. The molecule has 4 nitrogen and oxygen atoms in total. The molecule has 0 fully saturated rings. The van der Waals surface area contributed by atoms with E-state index in [1.165, 1.54) is 0 Å². The lowest BCUT2D eigenvalue weighted by atomic mass is 10.1. The Morgan fingerprint density at radius 1 is 1.45 bits per heavy atom. The van der Waals surface area contributed by atoms with Gasteiger partial charge in [0.2, 0.25) is 0 Å². The number of carbonyl (C=O) groups excluding carboxylic acids is 1. The van der Waals surface area contributed by atoms with Gasteiger partial charge < -0.3 is 15.8 Å². The Morgan fingerprint density at radius 2 is 2.15 bits per heavy atom. The van der Waals surface area contributed by atoms with Crippen molar-refractivity contribution in [3.8, 4) is 5.75 Å². The van der Waals surface area contributed by atoms with Crippen LogP contribution in [0.25, 0.3) is 0 Å². The van der Waals surface area contributed by atoms with Crippen molar-refractivity contribution < 1.29 is 9.53 Å². The molecule has 0 aliphatic carbocycles. The van der Waals surface area contributed by atoms with E-state index in [9.17, 15) is 4.79 Å². The van der Waals surface area contributed by atoms with Gasteiger partial charge in [-0.25, -0.2) is 0 Å². The van der Waals surface area contributed by atoms with Crippen LogP contribution in [0.3, 0.4) is 0 Å². The van der Waals surface area contributed by atoms with Gasteiger partial charge in [-0.05, 0) is 43.0 Å². The normalized spacial score (nSPS) is 10.4. The van der Waals surface area contributed by atoms with Crippen LogP contribution in [-0.2, 0) is 0 Å². The fourth-order valence-electron chi connectivity index (χ4n) is 1.60. The highest BCUT2D eigenvalue weighted by Gasteiger charge is 2.09. The molecule has 0 unspecified atom stereocenters. The Labute approximate surface area is 121 Å². The van der Waals surface area contributed by atoms with Crippen molar-refractivity contribution in [3.05, 3.63) is 35.9 Å². The zero-order valence-electron chi connectivity index (χ0n) is 12.5. The summed E-state index contributed by atoms with van der Waals surface area (Å²) in [7, 11) is 0. The number of amides is 1. The number of hydrogen-bond acceptors (Lipinski definition) is 3. The quantitative estimate of drug-likeness (QED) is 0.594. The molecule has 20 heavy (non-hydrogen) atoms. The molecule has 1 amide bonds. The maximum atomic E-state index is 11.9. The molecule has 4 heteroatoms. The standard InChI is InChI=1S/C16H24N2O2/c1-11(2)7-8-18-16(19)13-5-6-15(14(17)9-13)20-10-12(3)4/h5-6,9,11H,3,7-8,10,17H2,1-2,4H3,(H,18,19). The van der Waals surface area contributed by atoms with Crippen LogP contribution < -0.4 is 15.8 Å². The zero-order chi connectivity index (χ0) is 15.1. The van der Waals surface area contributed by atoms with Gasteiger partial charge in [0.25, 0.3) is 5.91 Å². The van der Waals surface area contributed by atoms with Crippen molar-refractivity contribution >= 4 is 11.6 Å². The molecule has 110 valence electrons. The summed E-state index contributed by atoms with van der Waals surface area (Å²) in [5, 5.41) is 2.88. The third-order valence-corrected chi connectivity index (χ3v) is 2.75. The van der Waals surface area contributed by atoms with Crippen molar-refractivity contribution in [2.24, 2.45) is 5.92 Å². The van der Waals surface area contributed by atoms with Gasteiger partial charge in [0.1, 0.15) is 12.4 Å². The van der Waals surface area contributed by atoms with Crippen LogP contribution in [0.4, 0.5) is 5.69 Å². The van der Waals surface area contributed by atoms with E-state index >= 15 is 0 Å². The summed E-state index contributed by atoms with van der Waals surface area (Å²) in [6.07, 6.45) is 0.959. The fourth-order valence-corrected chi connectivity index (χ4v) is 1.60. The molecule has 0 saturated heterocycles. The lowest BCUT2D eigenvalue weighted by Gasteiger charge is -2.11. The molecule has 0 saturated carbocycles. The lowest BCUT2D eigenvalue weighted by Crippen LogP contribution is -2.25. The summed E-state index contributed by atoms with van der Waals surface area (Å²) in [5.41, 5.74) is 7.82. The second kappa shape index (κ2) is 7.58. The number of anilines is 1. The first-order valence-electron chi connectivity index (χ1n) is 6.85. The average Bonchev–Trinajstić information content (AvgIpc) is 2.36. The maximum Gasteiger partial charge on any atom is 0.251 e. The van der Waals surface area contributed by atoms with Crippen LogP contribution in [0.5, 0.6) is 5.75 Å². The van der Waals surface area contributed by atoms with Gasteiger partial charge in [-0.15, -0.1) is 0 Å². The summed E-state index contributed by atoms with van der Waals surface area (Å²) < 4.78 is 5.49. The third-order valence-electron chi connectivity index (χ3n) is 2.75. The number of rotatable bonds is 7. The number of nitrogens with two attached hydrogens (primary N) is 1. The van der Waals surface area contributed by atoms with Gasteiger partial charge in [-0.1, -0.05) is 20.4 Å². The highest BCUT2D eigenvalue weighted by Crippen LogP contribution is 2.23. The number of hydrogen-bond donors (Lipinski definition) is 2. The number of nitrogen functional groups attached to an aromatic ring is 1. The highest BCUT2D eigenvalue weighted by atomic mass is 16.5. The number of nitrogens with one attached hydrogen (secondary N) is 1. The summed E-state index contributed by atoms with van der Waals surface area (Å²) >= 11 is 0. The third kappa shape index (κ3) is 5.34. The van der Waals surface area contributed by atoms with Gasteiger partial charge >= 0.3 is 0 Å². The van der Waals surface area contributed by atoms with E-state index in [1.54, 1.807) is 18.2 Å². The average molecular weight is 276 g/mol. The molecule has 0 heterocycles. The van der Waals surface area contributed by atoms with Gasteiger partial charge in [0.15, 0.2) is 0 Å². The molecular formula is C16H24N2O2. The molecule has 3 N–H and O–H groups in total. The molecule has 0 spiro atoms. The Bertz CT molecular complexity index is 481. The Kier molecular flexibility index (Phi) is 6.10. The highest BCUT2D eigenvalue weighted by molar-refractivity contribution is 5.95. The lowest BCUT2D eigenvalue weighted by molar-refractivity contribution is 0.0952. The minimum absolute atomic E-state index is 0.108. The van der Waals surface area contributed by atoms with Crippen molar-refractivity contribution in [2.75, 3.05) is 18.9 Å². The molecule has 0 bridgehead atoms. The van der Waals surface area contributed by atoms with E-state index in [4.69, 9.17) is 10.5 Å². The molecule has 0 aliphatic heterocycles. The predicted octanol–water partition coefficient (Wildman–Crippen LogP) is 3.00. The van der Waals surface area contributed by atoms with Gasteiger partial charge in [0, 0.05) is 12.1 Å². The summed E-state index contributed by atoms with van der Waals surface area (Å²) in [4.78, 5) is 11.9. The minimum Gasteiger partial charge on any atom is -0.487 e. The van der Waals surface area contributed by atoms with E-state index in [1.807, 2.05) is 6.92 Å². The van der Waals surface area contributed by atoms with Gasteiger partial charge in [-0.2, -0.15) is 0 Å². The minimum atomic E-state index is -0.108. The largest absolute Gasteiger partial charge is 0.487 e. The van der Waals surface area contributed by atoms with Crippen LogP contribution in [-0.4, -0.2) is 19.1 Å². The first-order chi connectivity index (χ1) is 9.40. The van der Waals surface area contributed by atoms with Crippen molar-refractivity contribution in [1.82, 2.24) is 5.32 Å². The topological polar surface area (TPSA) is 64.3 Å². The van der Waals surface area contributed by atoms with Crippen LogP contribution >= 0.6 is 0 Å². The molecule has 1 aromatic carbocycles. The molecule has 0 atom stereocenters. The summed E-state index contributed by atoms with van der Waals surface area (Å²) in [5.74, 6) is 1.04. The van der Waals surface area contributed by atoms with Crippen LogP contribution in [0.15, 0.2) is 30.4 Å². The zero-order valence-corrected chi connectivity index (χ0v) is 12.5. The first-order valence-corrected chi connectivity index (χ1v) is 6.85. The molecule has 0 aliphatic rings. The molecule has 0 aromatic heterocycles. The number of carbonyl (C=O) groups is 1. The van der Waals surface area contributed by atoms with E-state index < -0.39 is 0 Å². The second-order valence-corrected chi connectivity index (χ2v) is 5.44. The SMILES string of the molecule is C=C(C)COc1ccc(C(=O)NCCC(C)C)cc1N. The van der Waals surface area contributed by atoms with Crippen LogP contribution in [0.2, 0.25) is 0 Å². The Balaban J connectivity index is 2.61. The van der Waals surface area contributed by atoms with Gasteiger partial charge in [0.05, 0.1) is 5.69 Å². The number of ether oxygens (including phenoxy) is 1. The van der Waals surface area contributed by atoms with E-state index in [-0.39, 0.29) is 5.91 Å². The first kappa shape index (κ1) is 16.1. The van der Waals surface area contributed by atoms with E-state index in [0.717, 1.165) is 12.0 Å². The van der Waals surface area contributed by atoms with Gasteiger partial charge in [-0.3, -0.25) is 4.79 Å². The molecule has 1 aromatic rings. The van der Waals surface area contributed by atoms with Crippen molar-refractivity contribution in [2.45, 2.75) is 27.2 Å². The van der Waals surface area contributed by atoms with E-state index in [0.29, 0.717) is 36.1 Å². The molecular weight excluding hydrogens is 252 g/mol. The molecule has 0 radical (unpaired) electrons. The van der Waals surface area contributed by atoms with Crippen molar-refractivity contribution in [1.29, 1.82) is 0 Å². The maximum absolute atomic E-state index is 11.9. The monoisotopic (exact) mass is 276 g/mol. The smallest absolute Gasteiger partial charge is 0.251 e. The van der Waals surface area contributed by atoms with E-state index in [2.05, 4.69) is 25.7 Å². The predicted molar refractivity (Wildman–Crippen MR) is 83.0 cm³/mol. The Hall–Kier alpha value is -1.97. The summed E-state index contributed by atoms with van der Waals surface area (Å²) in [6.45, 7) is 11.0. The fraction of sp³-hybridized carbons (Fsp3) is 0.438. The van der Waals surface area contributed by atoms with Crippen molar-refractivity contribution in [3.63, 3.8) is 0 Å².